The number of carbonyl (C=O) groups is 2. The molecule has 6 heteroatoms. The summed E-state index contributed by atoms with van der Waals surface area (Å²) in [4.78, 5) is 25.9. The molecule has 1 aliphatic heterocycles. The zero-order chi connectivity index (χ0) is 15.0. The van der Waals surface area contributed by atoms with E-state index in [1.807, 2.05) is 11.7 Å². The molecular formula is C15H21N3O3. The number of rotatable bonds is 4. The van der Waals surface area contributed by atoms with Crippen molar-refractivity contribution in [2.24, 2.45) is 13.0 Å². The number of aryl methyl sites for hydroxylation is 1. The number of esters is 1. The van der Waals surface area contributed by atoms with Crippen molar-refractivity contribution >= 4 is 17.6 Å². The van der Waals surface area contributed by atoms with E-state index in [-0.39, 0.29) is 5.78 Å². The van der Waals surface area contributed by atoms with Gasteiger partial charge in [-0.25, -0.2) is 0 Å². The molecule has 2 aliphatic rings. The smallest absolute Gasteiger partial charge is 0.318 e. The van der Waals surface area contributed by atoms with Crippen LogP contribution in [-0.4, -0.2) is 41.2 Å². The molecule has 0 N–H and O–H groups in total. The summed E-state index contributed by atoms with van der Waals surface area (Å²) in [7, 11) is 1.91. The highest BCUT2D eigenvalue weighted by Crippen LogP contribution is 2.40. The molecule has 1 aromatic heterocycles. The summed E-state index contributed by atoms with van der Waals surface area (Å²) in [5, 5.41) is 4.55. The van der Waals surface area contributed by atoms with Crippen LogP contribution in [0.25, 0.3) is 0 Å². The van der Waals surface area contributed by atoms with Crippen LogP contribution in [0.15, 0.2) is 6.07 Å². The minimum Gasteiger partial charge on any atom is -0.465 e. The van der Waals surface area contributed by atoms with Crippen LogP contribution in [0.5, 0.6) is 0 Å². The van der Waals surface area contributed by atoms with Gasteiger partial charge in [0.05, 0.1) is 12.3 Å². The Hall–Kier alpha value is -1.85. The Morgan fingerprint density at radius 3 is 2.90 bits per heavy atom. The molecule has 3 rings (SSSR count). The first-order valence-electron chi connectivity index (χ1n) is 7.58. The highest BCUT2D eigenvalue weighted by molar-refractivity contribution is 6.00. The molecule has 6 nitrogen and oxygen atoms in total. The first kappa shape index (κ1) is 14.1. The van der Waals surface area contributed by atoms with Gasteiger partial charge in [0.25, 0.3) is 0 Å². The Balaban J connectivity index is 1.76. The summed E-state index contributed by atoms with van der Waals surface area (Å²) in [6.07, 6.45) is 2.80. The topological polar surface area (TPSA) is 64.4 Å². The summed E-state index contributed by atoms with van der Waals surface area (Å²) in [5.74, 6) is 0.486. The van der Waals surface area contributed by atoms with Crippen LogP contribution in [0, 0.1) is 5.92 Å². The normalized spacial score (nSPS) is 22.5. The molecule has 0 amide bonds. The summed E-state index contributed by atoms with van der Waals surface area (Å²) >= 11 is 0. The van der Waals surface area contributed by atoms with E-state index in [2.05, 4.69) is 16.1 Å². The Morgan fingerprint density at radius 1 is 1.48 bits per heavy atom. The van der Waals surface area contributed by atoms with Crippen LogP contribution >= 0.6 is 0 Å². The summed E-state index contributed by atoms with van der Waals surface area (Å²) in [6.45, 7) is 3.09. The highest BCUT2D eigenvalue weighted by atomic mass is 16.5. The standard InChI is InChI=1S/C15H21N3O3/c1-3-21-15(20)11-9-18(7-6-13(11)19)14-8-12(10-4-5-10)16-17(14)2/h8,10-11H,3-7,9H2,1-2H3. The van der Waals surface area contributed by atoms with Gasteiger partial charge in [-0.15, -0.1) is 0 Å². The summed E-state index contributed by atoms with van der Waals surface area (Å²) in [6, 6.07) is 2.09. The molecule has 114 valence electrons. The Morgan fingerprint density at radius 2 is 2.24 bits per heavy atom. The van der Waals surface area contributed by atoms with Gasteiger partial charge in [-0.2, -0.15) is 5.10 Å². The molecular weight excluding hydrogens is 270 g/mol. The van der Waals surface area contributed by atoms with Gasteiger partial charge in [0, 0.05) is 38.5 Å². The van der Waals surface area contributed by atoms with Crippen molar-refractivity contribution in [2.75, 3.05) is 24.6 Å². The number of carbonyl (C=O) groups excluding carboxylic acids is 2. The van der Waals surface area contributed by atoms with Crippen LogP contribution < -0.4 is 4.90 Å². The fourth-order valence-corrected chi connectivity index (χ4v) is 2.84. The predicted octanol–water partition coefficient (Wildman–Crippen LogP) is 1.26. The van der Waals surface area contributed by atoms with E-state index >= 15 is 0 Å². The fourth-order valence-electron chi connectivity index (χ4n) is 2.84. The molecule has 21 heavy (non-hydrogen) atoms. The molecule has 1 saturated heterocycles. The zero-order valence-electron chi connectivity index (χ0n) is 12.5. The Labute approximate surface area is 124 Å². The van der Waals surface area contributed by atoms with Gasteiger partial charge < -0.3 is 9.64 Å². The van der Waals surface area contributed by atoms with E-state index < -0.39 is 11.9 Å². The number of hydrogen-bond donors (Lipinski definition) is 0. The van der Waals surface area contributed by atoms with Crippen molar-refractivity contribution in [1.82, 2.24) is 9.78 Å². The molecule has 0 radical (unpaired) electrons. The molecule has 2 heterocycles. The highest BCUT2D eigenvalue weighted by Gasteiger charge is 2.35. The lowest BCUT2D eigenvalue weighted by molar-refractivity contribution is -0.151. The van der Waals surface area contributed by atoms with Crippen LogP contribution in [0.1, 0.15) is 37.8 Å². The fraction of sp³-hybridized carbons (Fsp3) is 0.667. The van der Waals surface area contributed by atoms with Crippen molar-refractivity contribution in [3.8, 4) is 0 Å². The lowest BCUT2D eigenvalue weighted by Crippen LogP contribution is -2.45. The lowest BCUT2D eigenvalue weighted by atomic mass is 9.96. The van der Waals surface area contributed by atoms with Crippen LogP contribution in [-0.2, 0) is 21.4 Å². The average Bonchev–Trinajstić information content (AvgIpc) is 3.23. The molecule has 1 aromatic rings. The molecule has 1 unspecified atom stereocenters. The van der Waals surface area contributed by atoms with E-state index in [1.54, 1.807) is 6.92 Å². The van der Waals surface area contributed by atoms with E-state index in [4.69, 9.17) is 4.74 Å². The van der Waals surface area contributed by atoms with Crippen LogP contribution in [0.2, 0.25) is 0 Å². The van der Waals surface area contributed by atoms with Crippen LogP contribution in [0.3, 0.4) is 0 Å². The predicted molar refractivity (Wildman–Crippen MR) is 77.1 cm³/mol. The number of Topliss-reactive ketones (excluding diaryl/α,β-unsaturated/α-hetero) is 1. The van der Waals surface area contributed by atoms with Gasteiger partial charge >= 0.3 is 5.97 Å². The molecule has 1 aliphatic carbocycles. The van der Waals surface area contributed by atoms with Crippen molar-refractivity contribution in [1.29, 1.82) is 0 Å². The minimum atomic E-state index is -0.669. The van der Waals surface area contributed by atoms with Gasteiger partial charge in [0.1, 0.15) is 11.7 Å². The van der Waals surface area contributed by atoms with Gasteiger partial charge in [-0.3, -0.25) is 14.3 Å². The van der Waals surface area contributed by atoms with Gasteiger partial charge in [0.2, 0.25) is 0 Å². The second-order valence-corrected chi connectivity index (χ2v) is 5.79. The molecule has 2 fully saturated rings. The largest absolute Gasteiger partial charge is 0.465 e. The minimum absolute atomic E-state index is 0.0192. The number of ketones is 1. The summed E-state index contributed by atoms with van der Waals surface area (Å²) < 4.78 is 6.86. The third kappa shape index (κ3) is 2.80. The second-order valence-electron chi connectivity index (χ2n) is 5.79. The zero-order valence-corrected chi connectivity index (χ0v) is 12.5. The third-order valence-corrected chi connectivity index (χ3v) is 4.18. The van der Waals surface area contributed by atoms with Gasteiger partial charge in [-0.05, 0) is 19.8 Å². The second kappa shape index (κ2) is 5.50. The van der Waals surface area contributed by atoms with Crippen LogP contribution in [0.4, 0.5) is 5.82 Å². The van der Waals surface area contributed by atoms with E-state index in [1.165, 1.54) is 12.8 Å². The van der Waals surface area contributed by atoms with E-state index in [0.29, 0.717) is 32.0 Å². The number of piperidine rings is 1. The van der Waals surface area contributed by atoms with Crippen molar-refractivity contribution < 1.29 is 14.3 Å². The third-order valence-electron chi connectivity index (χ3n) is 4.18. The maximum atomic E-state index is 11.9. The number of nitrogens with zero attached hydrogens (tertiary/aromatic N) is 3. The maximum absolute atomic E-state index is 11.9. The average molecular weight is 291 g/mol. The van der Waals surface area contributed by atoms with Crippen molar-refractivity contribution in [3.05, 3.63) is 11.8 Å². The van der Waals surface area contributed by atoms with Crippen molar-refractivity contribution in [3.63, 3.8) is 0 Å². The number of hydrogen-bond acceptors (Lipinski definition) is 5. The van der Waals surface area contributed by atoms with E-state index in [0.717, 1.165) is 11.5 Å². The maximum Gasteiger partial charge on any atom is 0.318 e. The monoisotopic (exact) mass is 291 g/mol. The molecule has 0 spiro atoms. The van der Waals surface area contributed by atoms with Gasteiger partial charge in [-0.1, -0.05) is 0 Å². The quantitative estimate of drug-likeness (QED) is 0.617. The number of anilines is 1. The lowest BCUT2D eigenvalue weighted by Gasteiger charge is -2.31. The summed E-state index contributed by atoms with van der Waals surface area (Å²) in [5.41, 5.74) is 1.12. The Kier molecular flexibility index (Phi) is 3.69. The molecule has 0 bridgehead atoms. The van der Waals surface area contributed by atoms with E-state index in [9.17, 15) is 9.59 Å². The SMILES string of the molecule is CCOC(=O)C1CN(c2cc(C3CC3)nn2C)CCC1=O. The first-order chi connectivity index (χ1) is 10.1. The number of aromatic nitrogens is 2. The number of ether oxygens (including phenoxy) is 1. The Bertz CT molecular complexity index is 563. The molecule has 0 aromatic carbocycles. The van der Waals surface area contributed by atoms with Gasteiger partial charge in [0.15, 0.2) is 5.78 Å². The molecule has 1 saturated carbocycles. The van der Waals surface area contributed by atoms with Crippen molar-refractivity contribution in [2.45, 2.75) is 32.1 Å². The molecule has 1 atom stereocenters. The first-order valence-corrected chi connectivity index (χ1v) is 7.58.